The first-order valence-electron chi connectivity index (χ1n) is 12.2. The number of aromatic nitrogens is 2. The van der Waals surface area contributed by atoms with Gasteiger partial charge in [0.1, 0.15) is 11.8 Å². The van der Waals surface area contributed by atoms with Gasteiger partial charge in [0.25, 0.3) is 0 Å². The normalized spacial score (nSPS) is 16.9. The number of carbonyl (C=O) groups is 1. The van der Waals surface area contributed by atoms with Gasteiger partial charge in [-0.25, -0.2) is 13.2 Å². The van der Waals surface area contributed by atoms with Crippen LogP contribution < -0.4 is 19.7 Å². The van der Waals surface area contributed by atoms with E-state index in [0.29, 0.717) is 33.5 Å². The number of benzene rings is 2. The van der Waals surface area contributed by atoms with E-state index in [2.05, 4.69) is 15.0 Å². The van der Waals surface area contributed by atoms with Gasteiger partial charge in [-0.05, 0) is 60.7 Å². The second kappa shape index (κ2) is 11.0. The Morgan fingerprint density at radius 3 is 2.52 bits per heavy atom. The number of hydrogen-bond donors (Lipinski definition) is 2. The van der Waals surface area contributed by atoms with Gasteiger partial charge in [0.05, 0.1) is 49.1 Å². The molecule has 0 amide bonds. The van der Waals surface area contributed by atoms with E-state index < -0.39 is 22.0 Å². The lowest BCUT2D eigenvalue weighted by Crippen LogP contribution is -2.30. The molecule has 1 fully saturated rings. The number of sulfonamides is 1. The number of pyridine rings is 1. The number of methoxy groups -OCH3 is 2. The first-order valence-corrected chi connectivity index (χ1v) is 14.5. The van der Waals surface area contributed by atoms with Crippen LogP contribution in [-0.2, 0) is 14.8 Å². The Balaban J connectivity index is 1.67. The fourth-order valence-corrected chi connectivity index (χ4v) is 5.78. The smallest absolute Gasteiger partial charge is 0.339 e. The molecule has 2 N–H and O–H groups in total. The number of esters is 1. The average Bonchev–Trinajstić information content (AvgIpc) is 3.56. The minimum atomic E-state index is -3.52. The van der Waals surface area contributed by atoms with Gasteiger partial charge in [0, 0.05) is 29.8 Å². The molecule has 3 heterocycles. The van der Waals surface area contributed by atoms with Crippen LogP contribution in [0.5, 0.6) is 5.75 Å². The van der Waals surface area contributed by atoms with Crippen LogP contribution in [0.15, 0.2) is 85.2 Å². The van der Waals surface area contributed by atoms with Gasteiger partial charge in [0.2, 0.25) is 10.0 Å². The van der Waals surface area contributed by atoms with Crippen molar-refractivity contribution >= 4 is 44.7 Å². The topological polar surface area (TPSA) is 115 Å². The first-order chi connectivity index (χ1) is 19.2. The largest absolute Gasteiger partial charge is 0.494 e. The Bertz CT molecular complexity index is 1670. The third-order valence-corrected chi connectivity index (χ3v) is 7.41. The van der Waals surface area contributed by atoms with Crippen molar-refractivity contribution in [2.24, 2.45) is 0 Å². The number of rotatable bonds is 8. The summed E-state index contributed by atoms with van der Waals surface area (Å²) in [5.41, 5.74) is 3.64. The Labute approximate surface area is 237 Å². The van der Waals surface area contributed by atoms with Crippen LogP contribution in [-0.4, -0.2) is 49.5 Å². The third kappa shape index (κ3) is 5.23. The lowest BCUT2D eigenvalue weighted by Gasteiger charge is -2.29. The number of ether oxygens (including phenoxy) is 2. The van der Waals surface area contributed by atoms with E-state index in [9.17, 15) is 13.2 Å². The molecule has 2 unspecified atom stereocenters. The molecule has 0 aliphatic carbocycles. The minimum Gasteiger partial charge on any atom is -0.494 e. The Kier molecular flexibility index (Phi) is 7.46. The molecule has 0 spiro atoms. The van der Waals surface area contributed by atoms with Crippen LogP contribution in [0.25, 0.3) is 5.69 Å². The quantitative estimate of drug-likeness (QED) is 0.235. The fourth-order valence-electron chi connectivity index (χ4n) is 4.87. The summed E-state index contributed by atoms with van der Waals surface area (Å²) in [7, 11) is -0.705. The van der Waals surface area contributed by atoms with E-state index in [4.69, 9.17) is 21.7 Å². The molecule has 5 rings (SSSR count). The zero-order valence-corrected chi connectivity index (χ0v) is 23.6. The van der Waals surface area contributed by atoms with Crippen molar-refractivity contribution in [3.63, 3.8) is 0 Å². The standard InChI is InChI=1S/C28H27N5O5S2/c1-37-24-17-18(13-14-20(24)31-40(3,35)36)33-26(25(30-28(33)39)21-10-6-7-15-29-21)23-12-8-16-32(23)22-11-5-4-9-19(22)27(34)38-2/h4-17,25-26,31H,1-3H3,(H,30,39). The average molecular weight is 578 g/mol. The lowest BCUT2D eigenvalue weighted by atomic mass is 10.00. The molecule has 0 radical (unpaired) electrons. The molecule has 2 aromatic carbocycles. The van der Waals surface area contributed by atoms with Gasteiger partial charge in [-0.1, -0.05) is 18.2 Å². The zero-order chi connectivity index (χ0) is 28.4. The summed E-state index contributed by atoms with van der Waals surface area (Å²) in [6, 6.07) is 21.1. The van der Waals surface area contributed by atoms with Crippen LogP contribution in [0.4, 0.5) is 11.4 Å². The molecule has 10 nitrogen and oxygen atoms in total. The fraction of sp³-hybridized carbons (Fsp3) is 0.179. The number of nitrogens with one attached hydrogen (secondary N) is 2. The zero-order valence-electron chi connectivity index (χ0n) is 21.9. The summed E-state index contributed by atoms with van der Waals surface area (Å²) in [5, 5.41) is 3.86. The minimum absolute atomic E-state index is 0.306. The van der Waals surface area contributed by atoms with Gasteiger partial charge in [-0.2, -0.15) is 0 Å². The predicted molar refractivity (Wildman–Crippen MR) is 157 cm³/mol. The molecule has 1 aliphatic rings. The summed E-state index contributed by atoms with van der Waals surface area (Å²) in [6.45, 7) is 0. The van der Waals surface area contributed by atoms with Gasteiger partial charge in [0.15, 0.2) is 5.11 Å². The number of anilines is 2. The molecule has 0 saturated carbocycles. The lowest BCUT2D eigenvalue weighted by molar-refractivity contribution is 0.0600. The molecule has 40 heavy (non-hydrogen) atoms. The van der Waals surface area contributed by atoms with E-state index in [1.165, 1.54) is 14.2 Å². The van der Waals surface area contributed by atoms with Gasteiger partial charge >= 0.3 is 5.97 Å². The van der Waals surface area contributed by atoms with E-state index in [1.807, 2.05) is 58.1 Å². The van der Waals surface area contributed by atoms with Crippen molar-refractivity contribution in [1.82, 2.24) is 14.9 Å². The summed E-state index contributed by atoms with van der Waals surface area (Å²) >= 11 is 5.85. The van der Waals surface area contributed by atoms with E-state index >= 15 is 0 Å². The maximum Gasteiger partial charge on any atom is 0.339 e. The second-order valence-corrected chi connectivity index (χ2v) is 11.2. The van der Waals surface area contributed by atoms with Crippen molar-refractivity contribution < 1.29 is 22.7 Å². The van der Waals surface area contributed by atoms with Crippen molar-refractivity contribution in [2.45, 2.75) is 12.1 Å². The molecule has 2 atom stereocenters. The van der Waals surface area contributed by atoms with Crippen molar-refractivity contribution in [2.75, 3.05) is 30.1 Å². The molecule has 206 valence electrons. The maximum absolute atomic E-state index is 12.6. The monoisotopic (exact) mass is 577 g/mol. The summed E-state index contributed by atoms with van der Waals surface area (Å²) < 4.78 is 38.8. The highest BCUT2D eigenvalue weighted by Gasteiger charge is 2.42. The van der Waals surface area contributed by atoms with Crippen LogP contribution in [0.1, 0.15) is 33.8 Å². The summed E-state index contributed by atoms with van der Waals surface area (Å²) in [4.78, 5) is 19.2. The van der Waals surface area contributed by atoms with E-state index in [0.717, 1.165) is 17.6 Å². The molecular formula is C28H27N5O5S2. The highest BCUT2D eigenvalue weighted by molar-refractivity contribution is 7.92. The Morgan fingerprint density at radius 2 is 1.82 bits per heavy atom. The molecule has 1 saturated heterocycles. The predicted octanol–water partition coefficient (Wildman–Crippen LogP) is 4.22. The molecule has 12 heteroatoms. The molecule has 2 aromatic heterocycles. The highest BCUT2D eigenvalue weighted by atomic mass is 32.2. The van der Waals surface area contributed by atoms with E-state index in [-0.39, 0.29) is 6.04 Å². The molecule has 4 aromatic rings. The van der Waals surface area contributed by atoms with Gasteiger partial charge in [-0.3, -0.25) is 9.71 Å². The number of carbonyl (C=O) groups excluding carboxylic acids is 1. The Morgan fingerprint density at radius 1 is 1.05 bits per heavy atom. The number of hydrogen-bond acceptors (Lipinski definition) is 7. The van der Waals surface area contributed by atoms with Crippen molar-refractivity contribution in [1.29, 1.82) is 0 Å². The summed E-state index contributed by atoms with van der Waals surface area (Å²) in [5.74, 6) is -0.121. The Hall–Kier alpha value is -4.42. The molecule has 0 bridgehead atoms. The third-order valence-electron chi connectivity index (χ3n) is 6.51. The van der Waals surface area contributed by atoms with E-state index in [1.54, 1.807) is 36.5 Å². The van der Waals surface area contributed by atoms with Crippen molar-refractivity contribution in [3.8, 4) is 11.4 Å². The highest BCUT2D eigenvalue weighted by Crippen LogP contribution is 2.44. The number of para-hydroxylation sites is 1. The van der Waals surface area contributed by atoms with Crippen LogP contribution in [0, 0.1) is 0 Å². The van der Waals surface area contributed by atoms with Crippen LogP contribution in [0.2, 0.25) is 0 Å². The van der Waals surface area contributed by atoms with Gasteiger partial charge in [-0.15, -0.1) is 0 Å². The number of thiocarbonyl (C=S) groups is 1. The van der Waals surface area contributed by atoms with Crippen LogP contribution in [0.3, 0.4) is 0 Å². The second-order valence-electron chi connectivity index (χ2n) is 9.07. The first kappa shape index (κ1) is 27.2. The number of nitrogens with zero attached hydrogens (tertiary/aromatic N) is 3. The SMILES string of the molecule is COC(=O)c1ccccc1-n1cccc1C1C(c2ccccn2)NC(=S)N1c1ccc(NS(C)(=O)=O)c(OC)c1. The van der Waals surface area contributed by atoms with Gasteiger partial charge < -0.3 is 24.3 Å². The molecule has 1 aliphatic heterocycles. The summed E-state index contributed by atoms with van der Waals surface area (Å²) in [6.07, 6.45) is 4.68. The maximum atomic E-state index is 12.6. The van der Waals surface area contributed by atoms with Crippen molar-refractivity contribution in [3.05, 3.63) is 102 Å². The van der Waals surface area contributed by atoms with Crippen LogP contribution >= 0.6 is 12.2 Å². The molecular weight excluding hydrogens is 550 g/mol.